The lowest BCUT2D eigenvalue weighted by atomic mass is 10.2. The lowest BCUT2D eigenvalue weighted by molar-refractivity contribution is 0.900. The van der Waals surface area contributed by atoms with E-state index < -0.39 is 0 Å². The second-order valence-electron chi connectivity index (χ2n) is 4.83. The lowest BCUT2D eigenvalue weighted by Gasteiger charge is -2.11. The maximum absolute atomic E-state index is 4.75. The Morgan fingerprint density at radius 3 is 2.75 bits per heavy atom. The number of rotatable bonds is 3. The van der Waals surface area contributed by atoms with Crippen molar-refractivity contribution in [3.8, 4) is 11.4 Å². The largest absolute Gasteiger partial charge is 0.370 e. The van der Waals surface area contributed by atoms with Crippen molar-refractivity contribution in [2.24, 2.45) is 0 Å². The summed E-state index contributed by atoms with van der Waals surface area (Å²) in [7, 11) is 0. The van der Waals surface area contributed by atoms with E-state index in [0.29, 0.717) is 0 Å². The molecule has 20 heavy (non-hydrogen) atoms. The van der Waals surface area contributed by atoms with E-state index in [1.54, 1.807) is 0 Å². The lowest BCUT2D eigenvalue weighted by Crippen LogP contribution is -2.06. The fourth-order valence-electron chi connectivity index (χ4n) is 2.51. The van der Waals surface area contributed by atoms with Gasteiger partial charge in [0.25, 0.3) is 0 Å². The van der Waals surface area contributed by atoms with Gasteiger partial charge in [0, 0.05) is 32.3 Å². The fraction of sp³-hybridized carbons (Fsp3) is 0.333. The van der Waals surface area contributed by atoms with E-state index in [1.165, 1.54) is 17.7 Å². The average Bonchev–Trinajstić information content (AvgIpc) is 2.90. The van der Waals surface area contributed by atoms with Gasteiger partial charge in [0.1, 0.15) is 5.82 Å². The highest BCUT2D eigenvalue weighted by Gasteiger charge is 2.19. The molecule has 0 amide bonds. The Balaban J connectivity index is 2.09. The molecule has 1 N–H and O–H groups in total. The molecule has 2 aromatic rings. The second kappa shape index (κ2) is 5.82. The van der Waals surface area contributed by atoms with E-state index in [1.807, 2.05) is 12.1 Å². The van der Waals surface area contributed by atoms with Crippen LogP contribution < -0.4 is 5.32 Å². The molecule has 5 heteroatoms. The Morgan fingerprint density at radius 1 is 1.15 bits per heavy atom. The predicted molar refractivity (Wildman–Crippen MR) is 89.1 cm³/mol. The van der Waals surface area contributed by atoms with Crippen molar-refractivity contribution in [2.45, 2.75) is 26.2 Å². The van der Waals surface area contributed by atoms with Gasteiger partial charge in [-0.3, -0.25) is 0 Å². The number of anilines is 1. The first-order valence-corrected chi connectivity index (χ1v) is 8.36. The summed E-state index contributed by atoms with van der Waals surface area (Å²) >= 11 is 7.03. The molecule has 104 valence electrons. The Kier molecular flexibility index (Phi) is 4.08. The number of nitrogens with zero attached hydrogens (tertiary/aromatic N) is 2. The van der Waals surface area contributed by atoms with Gasteiger partial charge in [-0.15, -0.1) is 0 Å². The molecule has 1 aliphatic carbocycles. The van der Waals surface area contributed by atoms with Crippen molar-refractivity contribution in [1.29, 1.82) is 0 Å². The summed E-state index contributed by atoms with van der Waals surface area (Å²) in [4.78, 5) is 9.47. The van der Waals surface area contributed by atoms with E-state index in [9.17, 15) is 0 Å². The molecule has 1 aromatic heterocycles. The van der Waals surface area contributed by atoms with Crippen LogP contribution >= 0.6 is 31.9 Å². The zero-order chi connectivity index (χ0) is 14.1. The third kappa shape index (κ3) is 2.61. The summed E-state index contributed by atoms with van der Waals surface area (Å²) in [6.07, 6.45) is 3.32. The van der Waals surface area contributed by atoms with Crippen LogP contribution in [0.2, 0.25) is 0 Å². The number of aryl methyl sites for hydroxylation is 1. The van der Waals surface area contributed by atoms with Gasteiger partial charge in [0.15, 0.2) is 5.82 Å². The quantitative estimate of drug-likeness (QED) is 0.824. The highest BCUT2D eigenvalue weighted by atomic mass is 79.9. The number of halogens is 2. The smallest absolute Gasteiger partial charge is 0.161 e. The number of fused-ring (bicyclic) bond motifs is 1. The molecule has 1 heterocycles. The van der Waals surface area contributed by atoms with E-state index in [0.717, 1.165) is 45.5 Å². The first-order valence-electron chi connectivity index (χ1n) is 6.78. The molecule has 0 saturated carbocycles. The maximum atomic E-state index is 4.75. The van der Waals surface area contributed by atoms with Gasteiger partial charge >= 0.3 is 0 Å². The Hall–Kier alpha value is -0.940. The molecule has 0 fully saturated rings. The first kappa shape index (κ1) is 14.0. The standard InChI is InChI=1S/C15H15Br2N3/c1-2-18-15-10-4-3-5-13(10)19-14(20-15)9-6-7-11(16)12(17)8-9/h6-8H,2-5H2,1H3,(H,18,19,20). The van der Waals surface area contributed by atoms with Crippen LogP contribution in [0.4, 0.5) is 5.82 Å². The molecule has 1 aliphatic rings. The fourth-order valence-corrected chi connectivity index (χ4v) is 3.14. The number of benzene rings is 1. The summed E-state index contributed by atoms with van der Waals surface area (Å²) in [5.41, 5.74) is 3.53. The molecule has 3 nitrogen and oxygen atoms in total. The highest BCUT2D eigenvalue weighted by molar-refractivity contribution is 9.13. The topological polar surface area (TPSA) is 37.8 Å². The molecule has 0 unspecified atom stereocenters. The van der Waals surface area contributed by atoms with Crippen LogP contribution in [-0.2, 0) is 12.8 Å². The molecule has 1 aromatic carbocycles. The Morgan fingerprint density at radius 2 is 2.00 bits per heavy atom. The van der Waals surface area contributed by atoms with E-state index in [4.69, 9.17) is 9.97 Å². The molecule has 0 radical (unpaired) electrons. The van der Waals surface area contributed by atoms with Gasteiger partial charge in [0.05, 0.1) is 0 Å². The zero-order valence-electron chi connectivity index (χ0n) is 11.2. The first-order chi connectivity index (χ1) is 9.69. The van der Waals surface area contributed by atoms with Gasteiger partial charge in [0.2, 0.25) is 0 Å². The summed E-state index contributed by atoms with van der Waals surface area (Å²) in [6.45, 7) is 2.98. The molecule has 0 spiro atoms. The number of aromatic nitrogens is 2. The molecule has 0 bridgehead atoms. The van der Waals surface area contributed by atoms with Crippen LogP contribution in [0.25, 0.3) is 11.4 Å². The minimum absolute atomic E-state index is 0.801. The normalized spacial score (nSPS) is 13.3. The van der Waals surface area contributed by atoms with Gasteiger partial charge < -0.3 is 5.32 Å². The maximum Gasteiger partial charge on any atom is 0.161 e. The third-order valence-corrected chi connectivity index (χ3v) is 5.33. The van der Waals surface area contributed by atoms with Gasteiger partial charge in [-0.05, 0) is 76.2 Å². The van der Waals surface area contributed by atoms with Crippen molar-refractivity contribution in [2.75, 3.05) is 11.9 Å². The predicted octanol–water partition coefficient (Wildman–Crippen LogP) is 4.59. The summed E-state index contributed by atoms with van der Waals surface area (Å²) in [6, 6.07) is 6.11. The highest BCUT2D eigenvalue weighted by Crippen LogP contribution is 2.31. The molecular formula is C15H15Br2N3. The van der Waals surface area contributed by atoms with Crippen molar-refractivity contribution in [3.05, 3.63) is 38.4 Å². The van der Waals surface area contributed by atoms with Crippen LogP contribution in [0.5, 0.6) is 0 Å². The number of nitrogens with one attached hydrogen (secondary N) is 1. The van der Waals surface area contributed by atoms with Gasteiger partial charge in [-0.2, -0.15) is 0 Å². The van der Waals surface area contributed by atoms with E-state index in [-0.39, 0.29) is 0 Å². The van der Waals surface area contributed by atoms with Crippen LogP contribution in [0.1, 0.15) is 24.6 Å². The van der Waals surface area contributed by atoms with Crippen molar-refractivity contribution < 1.29 is 0 Å². The van der Waals surface area contributed by atoms with Gasteiger partial charge in [-0.1, -0.05) is 0 Å². The average molecular weight is 397 g/mol. The van der Waals surface area contributed by atoms with Crippen molar-refractivity contribution in [3.63, 3.8) is 0 Å². The van der Waals surface area contributed by atoms with E-state index >= 15 is 0 Å². The van der Waals surface area contributed by atoms with E-state index in [2.05, 4.69) is 50.2 Å². The number of hydrogen-bond donors (Lipinski definition) is 1. The Labute approximate surface area is 135 Å². The summed E-state index contributed by atoms with van der Waals surface area (Å²) < 4.78 is 2.05. The molecule has 0 aliphatic heterocycles. The zero-order valence-corrected chi connectivity index (χ0v) is 14.4. The molecular weight excluding hydrogens is 382 g/mol. The van der Waals surface area contributed by atoms with Crippen LogP contribution in [0, 0.1) is 0 Å². The number of hydrogen-bond acceptors (Lipinski definition) is 3. The van der Waals surface area contributed by atoms with Crippen LogP contribution in [0.15, 0.2) is 27.1 Å². The molecule has 3 rings (SSSR count). The van der Waals surface area contributed by atoms with Crippen LogP contribution in [-0.4, -0.2) is 16.5 Å². The van der Waals surface area contributed by atoms with Crippen molar-refractivity contribution in [1.82, 2.24) is 9.97 Å². The minimum Gasteiger partial charge on any atom is -0.370 e. The minimum atomic E-state index is 0.801. The van der Waals surface area contributed by atoms with Crippen LogP contribution in [0.3, 0.4) is 0 Å². The summed E-state index contributed by atoms with van der Waals surface area (Å²) in [5, 5.41) is 3.37. The van der Waals surface area contributed by atoms with Crippen molar-refractivity contribution >= 4 is 37.7 Å². The molecule has 0 saturated heterocycles. The summed E-state index contributed by atoms with van der Waals surface area (Å²) in [5.74, 6) is 1.80. The Bertz CT molecular complexity index is 656. The molecule has 0 atom stereocenters. The van der Waals surface area contributed by atoms with Gasteiger partial charge in [-0.25, -0.2) is 9.97 Å². The third-order valence-electron chi connectivity index (χ3n) is 3.46. The SMILES string of the molecule is CCNc1nc(-c2ccc(Br)c(Br)c2)nc2c1CCC2. The second-order valence-corrected chi connectivity index (χ2v) is 6.54. The monoisotopic (exact) mass is 395 g/mol.